The van der Waals surface area contributed by atoms with E-state index < -0.39 is 5.95 Å². The molecular formula is C14H12BrFN4O. The van der Waals surface area contributed by atoms with Gasteiger partial charge in [-0.15, -0.1) is 10.2 Å². The molecule has 1 atom stereocenters. The molecule has 2 aromatic rings. The molecule has 3 heterocycles. The highest BCUT2D eigenvalue weighted by molar-refractivity contribution is 9.10. The van der Waals surface area contributed by atoms with Crippen LogP contribution in [-0.4, -0.2) is 27.6 Å². The zero-order valence-electron chi connectivity index (χ0n) is 11.0. The Morgan fingerprint density at radius 1 is 1.29 bits per heavy atom. The molecule has 0 spiro atoms. The quantitative estimate of drug-likeness (QED) is 0.797. The predicted octanol–water partition coefficient (Wildman–Crippen LogP) is 2.37. The Hall–Kier alpha value is -1.89. The van der Waals surface area contributed by atoms with Gasteiger partial charge < -0.3 is 0 Å². The summed E-state index contributed by atoms with van der Waals surface area (Å²) >= 11 is 3.22. The van der Waals surface area contributed by atoms with Crippen molar-refractivity contribution in [3.63, 3.8) is 0 Å². The highest BCUT2D eigenvalue weighted by atomic mass is 79.9. The average Bonchev–Trinajstić information content (AvgIpc) is 2.84. The first kappa shape index (κ1) is 14.1. The van der Waals surface area contributed by atoms with Crippen LogP contribution >= 0.6 is 15.9 Å². The van der Waals surface area contributed by atoms with Gasteiger partial charge in [0.1, 0.15) is 4.60 Å². The third-order valence-corrected chi connectivity index (χ3v) is 3.90. The number of aromatic nitrogens is 3. The van der Waals surface area contributed by atoms with E-state index in [4.69, 9.17) is 0 Å². The summed E-state index contributed by atoms with van der Waals surface area (Å²) in [6, 6.07) is 6.49. The molecule has 1 fully saturated rings. The largest absolute Gasteiger partial charge is 0.295 e. The van der Waals surface area contributed by atoms with Gasteiger partial charge in [-0.2, -0.15) is 4.39 Å². The van der Waals surface area contributed by atoms with Gasteiger partial charge in [0.15, 0.2) is 5.82 Å². The highest BCUT2D eigenvalue weighted by Gasteiger charge is 2.33. The number of carbonyl (C=O) groups excluding carboxylic acids is 1. The second-order valence-corrected chi connectivity index (χ2v) is 5.70. The van der Waals surface area contributed by atoms with Crippen molar-refractivity contribution in [2.75, 3.05) is 11.4 Å². The van der Waals surface area contributed by atoms with Crippen LogP contribution in [0.15, 0.2) is 35.1 Å². The highest BCUT2D eigenvalue weighted by Crippen LogP contribution is 2.26. The maximum atomic E-state index is 12.8. The zero-order valence-corrected chi connectivity index (χ0v) is 12.6. The van der Waals surface area contributed by atoms with Crippen molar-refractivity contribution >= 4 is 27.7 Å². The number of halogens is 2. The third kappa shape index (κ3) is 3.07. The van der Waals surface area contributed by atoms with E-state index in [-0.39, 0.29) is 11.8 Å². The lowest BCUT2D eigenvalue weighted by Gasteiger charge is -2.15. The zero-order chi connectivity index (χ0) is 14.8. The summed E-state index contributed by atoms with van der Waals surface area (Å²) in [5.41, 5.74) is 0.860. The van der Waals surface area contributed by atoms with E-state index in [1.807, 2.05) is 0 Å². The predicted molar refractivity (Wildman–Crippen MR) is 78.1 cm³/mol. The van der Waals surface area contributed by atoms with E-state index >= 15 is 0 Å². The van der Waals surface area contributed by atoms with Crippen molar-refractivity contribution in [2.45, 2.75) is 12.8 Å². The number of hydrogen-bond donors (Lipinski definition) is 0. The molecule has 108 valence electrons. The van der Waals surface area contributed by atoms with Crippen LogP contribution in [0.5, 0.6) is 0 Å². The van der Waals surface area contributed by atoms with Gasteiger partial charge in [-0.25, -0.2) is 4.98 Å². The Balaban J connectivity index is 1.71. The van der Waals surface area contributed by atoms with Gasteiger partial charge in [0.2, 0.25) is 11.9 Å². The lowest BCUT2D eigenvalue weighted by Crippen LogP contribution is -2.28. The van der Waals surface area contributed by atoms with Gasteiger partial charge in [0.05, 0.1) is 0 Å². The van der Waals surface area contributed by atoms with Crippen molar-refractivity contribution in [3.05, 3.63) is 46.6 Å². The van der Waals surface area contributed by atoms with Gasteiger partial charge in [-0.05, 0) is 52.5 Å². The molecule has 7 heteroatoms. The van der Waals surface area contributed by atoms with Crippen molar-refractivity contribution in [1.82, 2.24) is 15.2 Å². The summed E-state index contributed by atoms with van der Waals surface area (Å²) in [7, 11) is 0. The molecule has 1 amide bonds. The van der Waals surface area contributed by atoms with Crippen LogP contribution in [0.4, 0.5) is 10.2 Å². The van der Waals surface area contributed by atoms with Crippen LogP contribution in [0, 0.1) is 11.9 Å². The molecule has 1 aliphatic rings. The molecule has 0 aliphatic carbocycles. The monoisotopic (exact) mass is 350 g/mol. The summed E-state index contributed by atoms with van der Waals surface area (Å²) in [5.74, 6) is -0.0511. The van der Waals surface area contributed by atoms with Crippen LogP contribution in [0.25, 0.3) is 0 Å². The standard InChI is InChI=1S/C14H12BrFN4O/c15-11-2-4-13(19-18-11)20-6-5-10(14(20)21)7-9-1-3-12(16)17-8-9/h1-4,8,10H,5-7H2/t10-/m0/s1. The minimum atomic E-state index is -0.511. The molecular weight excluding hydrogens is 339 g/mol. The lowest BCUT2D eigenvalue weighted by molar-refractivity contribution is -0.120. The minimum Gasteiger partial charge on any atom is -0.295 e. The molecule has 0 radical (unpaired) electrons. The Kier molecular flexibility index (Phi) is 3.92. The van der Waals surface area contributed by atoms with Gasteiger partial charge in [0.25, 0.3) is 0 Å². The number of hydrogen-bond acceptors (Lipinski definition) is 4. The fourth-order valence-electron chi connectivity index (χ4n) is 2.42. The number of nitrogens with zero attached hydrogens (tertiary/aromatic N) is 4. The molecule has 21 heavy (non-hydrogen) atoms. The van der Waals surface area contributed by atoms with Gasteiger partial charge in [0, 0.05) is 18.7 Å². The Labute approximate surface area is 129 Å². The first-order valence-electron chi connectivity index (χ1n) is 6.54. The Bertz CT molecular complexity index is 647. The van der Waals surface area contributed by atoms with Crippen LogP contribution in [0.3, 0.4) is 0 Å². The second-order valence-electron chi connectivity index (χ2n) is 4.88. The minimum absolute atomic E-state index is 0.0240. The summed E-state index contributed by atoms with van der Waals surface area (Å²) in [6.45, 7) is 0.619. The molecule has 5 nitrogen and oxygen atoms in total. The van der Waals surface area contributed by atoms with Crippen molar-refractivity contribution in [3.8, 4) is 0 Å². The molecule has 2 aromatic heterocycles. The van der Waals surface area contributed by atoms with E-state index in [1.54, 1.807) is 23.1 Å². The fourth-order valence-corrected chi connectivity index (χ4v) is 2.63. The fraction of sp³-hybridized carbons (Fsp3) is 0.286. The summed E-state index contributed by atoms with van der Waals surface area (Å²) in [5, 5.41) is 7.91. The van der Waals surface area contributed by atoms with Gasteiger partial charge >= 0.3 is 0 Å². The van der Waals surface area contributed by atoms with Crippen molar-refractivity contribution in [2.24, 2.45) is 5.92 Å². The second kappa shape index (κ2) is 5.85. The molecule has 3 rings (SSSR count). The smallest absolute Gasteiger partial charge is 0.231 e. The number of pyridine rings is 1. The van der Waals surface area contributed by atoms with Gasteiger partial charge in [-0.3, -0.25) is 9.69 Å². The number of rotatable bonds is 3. The molecule has 0 N–H and O–H groups in total. The van der Waals surface area contributed by atoms with Crippen molar-refractivity contribution in [1.29, 1.82) is 0 Å². The van der Waals surface area contributed by atoms with E-state index in [9.17, 15) is 9.18 Å². The summed E-state index contributed by atoms with van der Waals surface area (Å²) in [4.78, 5) is 17.7. The van der Waals surface area contributed by atoms with E-state index in [0.717, 1.165) is 12.0 Å². The van der Waals surface area contributed by atoms with Crippen LogP contribution < -0.4 is 4.90 Å². The normalized spacial score (nSPS) is 18.3. The number of carbonyl (C=O) groups is 1. The molecule has 0 aromatic carbocycles. The van der Waals surface area contributed by atoms with E-state index in [2.05, 4.69) is 31.1 Å². The van der Waals surface area contributed by atoms with Crippen LogP contribution in [0.2, 0.25) is 0 Å². The average molecular weight is 351 g/mol. The van der Waals surface area contributed by atoms with Crippen LogP contribution in [-0.2, 0) is 11.2 Å². The first-order valence-corrected chi connectivity index (χ1v) is 7.34. The summed E-state index contributed by atoms with van der Waals surface area (Å²) < 4.78 is 13.4. The lowest BCUT2D eigenvalue weighted by atomic mass is 9.99. The van der Waals surface area contributed by atoms with Crippen LogP contribution in [0.1, 0.15) is 12.0 Å². The SMILES string of the molecule is O=C1[C@H](Cc2ccc(F)nc2)CCN1c1ccc(Br)nn1. The van der Waals surface area contributed by atoms with Gasteiger partial charge in [-0.1, -0.05) is 6.07 Å². The topological polar surface area (TPSA) is 59.0 Å². The third-order valence-electron chi connectivity index (χ3n) is 3.48. The first-order chi connectivity index (χ1) is 10.1. The maximum absolute atomic E-state index is 12.8. The number of amides is 1. The number of anilines is 1. The van der Waals surface area contributed by atoms with E-state index in [0.29, 0.717) is 23.4 Å². The molecule has 1 saturated heterocycles. The Morgan fingerprint density at radius 3 is 2.81 bits per heavy atom. The van der Waals surface area contributed by atoms with E-state index in [1.165, 1.54) is 12.3 Å². The molecule has 0 bridgehead atoms. The molecule has 0 unspecified atom stereocenters. The molecule has 1 aliphatic heterocycles. The summed E-state index contributed by atoms with van der Waals surface area (Å²) in [6.07, 6.45) is 2.78. The Morgan fingerprint density at radius 2 is 2.14 bits per heavy atom. The maximum Gasteiger partial charge on any atom is 0.231 e. The molecule has 0 saturated carbocycles. The van der Waals surface area contributed by atoms with Crippen molar-refractivity contribution < 1.29 is 9.18 Å².